The number of rotatable bonds is 4. The Balaban J connectivity index is 2.83. The van der Waals surface area contributed by atoms with Crippen molar-refractivity contribution in [3.8, 4) is 0 Å². The van der Waals surface area contributed by atoms with Crippen molar-refractivity contribution in [3.63, 3.8) is 0 Å². The molecule has 0 aromatic heterocycles. The molecule has 2 unspecified atom stereocenters. The van der Waals surface area contributed by atoms with Gasteiger partial charge in [-0.2, -0.15) is 0 Å². The molecule has 0 heterocycles. The molecule has 0 amide bonds. The maximum Gasteiger partial charge on any atom is 0.0969 e. The maximum absolute atomic E-state index is 9.50. The van der Waals surface area contributed by atoms with Gasteiger partial charge in [0.2, 0.25) is 0 Å². The second-order valence-corrected chi connectivity index (χ2v) is 3.66. The Morgan fingerprint density at radius 1 is 1.29 bits per heavy atom. The Hall–Kier alpha value is -1.08. The molecule has 0 aliphatic heterocycles. The molecule has 0 bridgehead atoms. The lowest BCUT2D eigenvalue weighted by Crippen LogP contribution is -1.95. The molecule has 1 aromatic rings. The van der Waals surface area contributed by atoms with Gasteiger partial charge in [-0.15, -0.1) is 6.58 Å². The van der Waals surface area contributed by atoms with Gasteiger partial charge in [0.25, 0.3) is 0 Å². The average molecular weight is 190 g/mol. The van der Waals surface area contributed by atoms with Crippen molar-refractivity contribution in [2.24, 2.45) is 0 Å². The molecule has 0 aliphatic rings. The lowest BCUT2D eigenvalue weighted by Gasteiger charge is -2.11. The van der Waals surface area contributed by atoms with Gasteiger partial charge in [0, 0.05) is 0 Å². The first-order valence-corrected chi connectivity index (χ1v) is 5.09. The minimum absolute atomic E-state index is 0.541. The number of hydrogen-bond donors (Lipinski definition) is 1. The second kappa shape index (κ2) is 4.97. The third-order valence-corrected chi connectivity index (χ3v) is 2.68. The smallest absolute Gasteiger partial charge is 0.0969 e. The monoisotopic (exact) mass is 190 g/mol. The van der Waals surface area contributed by atoms with Crippen LogP contribution < -0.4 is 0 Å². The van der Waals surface area contributed by atoms with E-state index in [-0.39, 0.29) is 0 Å². The molecule has 0 saturated heterocycles. The van der Waals surface area contributed by atoms with Gasteiger partial charge in [-0.1, -0.05) is 44.2 Å². The summed E-state index contributed by atoms with van der Waals surface area (Å²) in [4.78, 5) is 0. The molecule has 1 aromatic carbocycles. The van der Waals surface area contributed by atoms with Crippen molar-refractivity contribution in [2.45, 2.75) is 32.3 Å². The summed E-state index contributed by atoms with van der Waals surface area (Å²) in [5.41, 5.74) is 2.24. The normalized spacial score (nSPS) is 14.8. The molecule has 0 saturated carbocycles. The van der Waals surface area contributed by atoms with Gasteiger partial charge < -0.3 is 5.11 Å². The molecule has 1 nitrogen and oxygen atoms in total. The van der Waals surface area contributed by atoms with Crippen molar-refractivity contribution >= 4 is 0 Å². The fourth-order valence-corrected chi connectivity index (χ4v) is 1.39. The van der Waals surface area contributed by atoms with Crippen LogP contribution in [0.1, 0.15) is 43.4 Å². The summed E-state index contributed by atoms with van der Waals surface area (Å²) in [6.07, 6.45) is 2.14. The number of aliphatic hydroxyl groups excluding tert-OH is 1. The predicted molar refractivity (Wildman–Crippen MR) is 60.3 cm³/mol. The topological polar surface area (TPSA) is 20.2 Å². The van der Waals surface area contributed by atoms with Gasteiger partial charge in [-0.05, 0) is 23.5 Å². The van der Waals surface area contributed by atoms with Crippen LogP contribution in [0.2, 0.25) is 0 Å². The van der Waals surface area contributed by atoms with Gasteiger partial charge in [-0.25, -0.2) is 0 Å². The summed E-state index contributed by atoms with van der Waals surface area (Å²) in [6.45, 7) is 7.95. The van der Waals surface area contributed by atoms with E-state index in [1.165, 1.54) is 11.6 Å². The van der Waals surface area contributed by atoms with Gasteiger partial charge in [0.05, 0.1) is 6.10 Å². The molecule has 1 N–H and O–H groups in total. The van der Waals surface area contributed by atoms with Gasteiger partial charge in [0.15, 0.2) is 0 Å². The van der Waals surface area contributed by atoms with Crippen molar-refractivity contribution < 1.29 is 5.11 Å². The molecule has 1 rings (SSSR count). The van der Waals surface area contributed by atoms with E-state index in [4.69, 9.17) is 0 Å². The molecule has 1 heteroatoms. The summed E-state index contributed by atoms with van der Waals surface area (Å²) in [5, 5.41) is 9.50. The number of aliphatic hydroxyl groups is 1. The SMILES string of the molecule is C=CC(O)c1ccc(C(C)CC)cc1. The van der Waals surface area contributed by atoms with Crippen LogP contribution in [0.15, 0.2) is 36.9 Å². The van der Waals surface area contributed by atoms with Crippen LogP contribution in [0.5, 0.6) is 0 Å². The van der Waals surface area contributed by atoms with E-state index in [1.807, 2.05) is 12.1 Å². The molecule has 0 spiro atoms. The van der Waals surface area contributed by atoms with Crippen LogP contribution in [0.25, 0.3) is 0 Å². The van der Waals surface area contributed by atoms with Crippen molar-refractivity contribution in [1.29, 1.82) is 0 Å². The lowest BCUT2D eigenvalue weighted by atomic mass is 9.96. The Labute approximate surface area is 86.1 Å². The zero-order valence-corrected chi connectivity index (χ0v) is 8.90. The molecule has 0 aliphatic carbocycles. The first kappa shape index (κ1) is 11.0. The van der Waals surface area contributed by atoms with Crippen molar-refractivity contribution in [3.05, 3.63) is 48.0 Å². The van der Waals surface area contributed by atoms with Crippen LogP contribution in [0, 0.1) is 0 Å². The van der Waals surface area contributed by atoms with Crippen LogP contribution >= 0.6 is 0 Å². The Morgan fingerprint density at radius 2 is 1.79 bits per heavy atom. The van der Waals surface area contributed by atoms with Crippen LogP contribution in [-0.2, 0) is 0 Å². The highest BCUT2D eigenvalue weighted by molar-refractivity contribution is 5.27. The maximum atomic E-state index is 9.50. The minimum Gasteiger partial charge on any atom is -0.384 e. The van der Waals surface area contributed by atoms with Gasteiger partial charge >= 0.3 is 0 Å². The Bertz CT molecular complexity index is 287. The van der Waals surface area contributed by atoms with E-state index >= 15 is 0 Å². The third kappa shape index (κ3) is 2.46. The highest BCUT2D eigenvalue weighted by Crippen LogP contribution is 2.21. The zero-order valence-electron chi connectivity index (χ0n) is 8.90. The quantitative estimate of drug-likeness (QED) is 0.721. The Kier molecular flexibility index (Phi) is 3.90. The second-order valence-electron chi connectivity index (χ2n) is 3.66. The van der Waals surface area contributed by atoms with Gasteiger partial charge in [-0.3, -0.25) is 0 Å². The van der Waals surface area contributed by atoms with Crippen molar-refractivity contribution in [1.82, 2.24) is 0 Å². The molecule has 76 valence electrons. The van der Waals surface area contributed by atoms with E-state index in [0.717, 1.165) is 12.0 Å². The molecule has 2 atom stereocenters. The third-order valence-electron chi connectivity index (χ3n) is 2.68. The highest BCUT2D eigenvalue weighted by Gasteiger charge is 2.05. The summed E-state index contributed by atoms with van der Waals surface area (Å²) in [7, 11) is 0. The van der Waals surface area contributed by atoms with E-state index in [9.17, 15) is 5.11 Å². The Morgan fingerprint density at radius 3 is 2.21 bits per heavy atom. The first-order chi connectivity index (χ1) is 6.69. The highest BCUT2D eigenvalue weighted by atomic mass is 16.3. The van der Waals surface area contributed by atoms with Crippen LogP contribution in [0.3, 0.4) is 0 Å². The summed E-state index contributed by atoms with van der Waals surface area (Å²) in [6, 6.07) is 8.09. The molecule has 0 radical (unpaired) electrons. The fraction of sp³-hybridized carbons (Fsp3) is 0.385. The van der Waals surface area contributed by atoms with Crippen LogP contribution in [0.4, 0.5) is 0 Å². The summed E-state index contributed by atoms with van der Waals surface area (Å²) < 4.78 is 0. The van der Waals surface area contributed by atoms with Crippen LogP contribution in [-0.4, -0.2) is 5.11 Å². The number of benzene rings is 1. The summed E-state index contributed by atoms with van der Waals surface area (Å²) >= 11 is 0. The molecule has 14 heavy (non-hydrogen) atoms. The lowest BCUT2D eigenvalue weighted by molar-refractivity contribution is 0.229. The largest absolute Gasteiger partial charge is 0.384 e. The average Bonchev–Trinajstić information content (AvgIpc) is 2.27. The van der Waals surface area contributed by atoms with Crippen molar-refractivity contribution in [2.75, 3.05) is 0 Å². The van der Waals surface area contributed by atoms with E-state index in [0.29, 0.717) is 5.92 Å². The van der Waals surface area contributed by atoms with E-state index < -0.39 is 6.10 Å². The molecule has 0 fully saturated rings. The first-order valence-electron chi connectivity index (χ1n) is 5.09. The van der Waals surface area contributed by atoms with E-state index in [2.05, 4.69) is 32.6 Å². The number of hydrogen-bond acceptors (Lipinski definition) is 1. The van der Waals surface area contributed by atoms with E-state index in [1.54, 1.807) is 0 Å². The standard InChI is InChI=1S/C13H18O/c1-4-10(3)11-6-8-12(9-7-11)13(14)5-2/h5-10,13-14H,2,4H2,1,3H3. The molecular weight excluding hydrogens is 172 g/mol. The summed E-state index contributed by atoms with van der Waals surface area (Å²) in [5.74, 6) is 0.588. The zero-order chi connectivity index (χ0) is 10.6. The fourth-order valence-electron chi connectivity index (χ4n) is 1.39. The predicted octanol–water partition coefficient (Wildman–Crippen LogP) is 3.42. The minimum atomic E-state index is -0.541. The van der Waals surface area contributed by atoms with Gasteiger partial charge in [0.1, 0.15) is 0 Å². The molecular formula is C13H18O.